The van der Waals surface area contributed by atoms with Gasteiger partial charge in [-0.25, -0.2) is 14.7 Å². The molecule has 1 N–H and O–H groups in total. The molecule has 8 nitrogen and oxygen atoms in total. The van der Waals surface area contributed by atoms with Gasteiger partial charge in [-0.3, -0.25) is 4.79 Å². The summed E-state index contributed by atoms with van der Waals surface area (Å²) in [6.07, 6.45) is 1.15. The van der Waals surface area contributed by atoms with E-state index < -0.39 is 17.6 Å². The van der Waals surface area contributed by atoms with Crippen molar-refractivity contribution in [1.29, 1.82) is 0 Å². The molecule has 0 radical (unpaired) electrons. The number of hydrogen-bond donors (Lipinski definition) is 1. The van der Waals surface area contributed by atoms with Gasteiger partial charge in [-0.15, -0.1) is 0 Å². The summed E-state index contributed by atoms with van der Waals surface area (Å²) >= 11 is 6.35. The van der Waals surface area contributed by atoms with Crippen molar-refractivity contribution in [2.45, 2.75) is 32.9 Å². The molecule has 3 heterocycles. The highest BCUT2D eigenvalue weighted by Gasteiger charge is 2.38. The largest absolute Gasteiger partial charge is 0.443 e. The van der Waals surface area contributed by atoms with Crippen LogP contribution >= 0.6 is 11.6 Å². The fourth-order valence-corrected chi connectivity index (χ4v) is 4.02. The van der Waals surface area contributed by atoms with E-state index in [2.05, 4.69) is 27.1 Å². The van der Waals surface area contributed by atoms with Gasteiger partial charge in [0.2, 0.25) is 0 Å². The molecule has 0 aliphatic carbocycles. The molecule has 0 saturated carbocycles. The van der Waals surface area contributed by atoms with Crippen molar-refractivity contribution >= 4 is 40.8 Å². The number of aromatic nitrogens is 1. The van der Waals surface area contributed by atoms with Gasteiger partial charge in [0, 0.05) is 36.8 Å². The van der Waals surface area contributed by atoms with Gasteiger partial charge in [-0.1, -0.05) is 11.6 Å². The smallest absolute Gasteiger partial charge is 0.417 e. The Kier molecular flexibility index (Phi) is 6.01. The van der Waals surface area contributed by atoms with Crippen molar-refractivity contribution in [3.8, 4) is 0 Å². The Morgan fingerprint density at radius 1 is 1.12 bits per heavy atom. The number of hydrogen-bond acceptors (Lipinski definition) is 7. The number of amides is 2. The molecule has 170 valence electrons. The van der Waals surface area contributed by atoms with E-state index in [1.807, 2.05) is 18.3 Å². The number of anilines is 3. The van der Waals surface area contributed by atoms with Crippen LogP contribution < -0.4 is 10.2 Å². The normalized spacial score (nSPS) is 16.8. The number of nitrogens with one attached hydrogen (secondary N) is 1. The predicted octanol–water partition coefficient (Wildman–Crippen LogP) is 4.12. The Balaban J connectivity index is 1.53. The molecule has 1 aromatic carbocycles. The number of halogens is 1. The molecule has 32 heavy (non-hydrogen) atoms. The number of piperazine rings is 1. The average molecular weight is 458 g/mol. The van der Waals surface area contributed by atoms with Gasteiger partial charge < -0.3 is 19.9 Å². The third-order valence-electron chi connectivity index (χ3n) is 5.52. The highest BCUT2D eigenvalue weighted by Crippen LogP contribution is 2.36. The summed E-state index contributed by atoms with van der Waals surface area (Å²) in [7, 11) is 2.12. The minimum absolute atomic E-state index is 0.0766. The first kappa shape index (κ1) is 22.4. The Labute approximate surface area is 193 Å². The second kappa shape index (κ2) is 8.60. The lowest BCUT2D eigenvalue weighted by Gasteiger charge is -2.33. The minimum Gasteiger partial charge on any atom is -0.443 e. The third kappa shape index (κ3) is 4.66. The summed E-state index contributed by atoms with van der Waals surface area (Å²) in [5.41, 5.74) is 1.89. The fraction of sp³-hybridized carbons (Fsp3) is 0.435. The highest BCUT2D eigenvalue weighted by molar-refractivity contribution is 6.32. The summed E-state index contributed by atoms with van der Waals surface area (Å²) in [5, 5.41) is 3.64. The zero-order valence-electron chi connectivity index (χ0n) is 18.8. The quantitative estimate of drug-likeness (QED) is 0.742. The van der Waals surface area contributed by atoms with Crippen LogP contribution in [-0.2, 0) is 11.3 Å². The second-order valence-corrected chi connectivity index (χ2v) is 9.54. The number of fused-ring (bicyclic) bond motifs is 1. The van der Waals surface area contributed by atoms with E-state index in [-0.39, 0.29) is 6.54 Å². The molecule has 2 amide bonds. The van der Waals surface area contributed by atoms with E-state index >= 15 is 0 Å². The lowest BCUT2D eigenvalue weighted by Crippen LogP contribution is -2.44. The van der Waals surface area contributed by atoms with E-state index in [4.69, 9.17) is 16.3 Å². The summed E-state index contributed by atoms with van der Waals surface area (Å²) in [6, 6.07) is 7.35. The van der Waals surface area contributed by atoms with E-state index in [0.29, 0.717) is 27.7 Å². The standard InChI is InChI=1S/C23H28ClN5O3/c1-23(2,3)32-22(31)29-14-16-17(24)6-7-18(20(16)21(29)30)26-19-8-5-15(13-25-19)28-11-9-27(4)10-12-28/h5-8,13H,9-12,14H2,1-4H3,(H,25,26). The molecule has 1 fully saturated rings. The number of imide groups is 1. The molecule has 0 atom stereocenters. The molecule has 4 rings (SSSR count). The summed E-state index contributed by atoms with van der Waals surface area (Å²) in [5.74, 6) is 0.171. The summed E-state index contributed by atoms with van der Waals surface area (Å²) in [6.45, 7) is 9.32. The molecular weight excluding hydrogens is 430 g/mol. The van der Waals surface area contributed by atoms with Crippen LogP contribution in [0.5, 0.6) is 0 Å². The lowest BCUT2D eigenvalue weighted by atomic mass is 10.1. The maximum absolute atomic E-state index is 13.1. The first-order valence-corrected chi connectivity index (χ1v) is 11.0. The number of carbonyl (C=O) groups is 2. The van der Waals surface area contributed by atoms with Crippen molar-refractivity contribution < 1.29 is 14.3 Å². The lowest BCUT2D eigenvalue weighted by molar-refractivity contribution is 0.0248. The molecule has 2 aromatic rings. The minimum atomic E-state index is -0.702. The summed E-state index contributed by atoms with van der Waals surface area (Å²) in [4.78, 5) is 35.8. The maximum atomic E-state index is 13.1. The van der Waals surface area contributed by atoms with Gasteiger partial charge in [0.1, 0.15) is 11.4 Å². The molecule has 9 heteroatoms. The highest BCUT2D eigenvalue weighted by atomic mass is 35.5. The van der Waals surface area contributed by atoms with Gasteiger partial charge in [0.15, 0.2) is 0 Å². The Morgan fingerprint density at radius 3 is 2.47 bits per heavy atom. The van der Waals surface area contributed by atoms with Crippen LogP contribution in [0.2, 0.25) is 5.02 Å². The Morgan fingerprint density at radius 2 is 1.84 bits per heavy atom. The number of benzene rings is 1. The third-order valence-corrected chi connectivity index (χ3v) is 5.88. The van der Waals surface area contributed by atoms with Gasteiger partial charge in [0.25, 0.3) is 5.91 Å². The van der Waals surface area contributed by atoms with Crippen molar-refractivity contribution in [1.82, 2.24) is 14.8 Å². The zero-order valence-corrected chi connectivity index (χ0v) is 19.6. The van der Waals surface area contributed by atoms with Gasteiger partial charge >= 0.3 is 6.09 Å². The first-order chi connectivity index (χ1) is 15.1. The van der Waals surface area contributed by atoms with E-state index in [0.717, 1.165) is 36.8 Å². The van der Waals surface area contributed by atoms with Crippen LogP contribution in [0.4, 0.5) is 22.0 Å². The van der Waals surface area contributed by atoms with Crippen LogP contribution in [0.15, 0.2) is 30.5 Å². The Hall–Kier alpha value is -2.84. The van der Waals surface area contributed by atoms with E-state index in [1.54, 1.807) is 32.9 Å². The molecule has 1 aromatic heterocycles. The zero-order chi connectivity index (χ0) is 23.0. The number of rotatable bonds is 3. The van der Waals surface area contributed by atoms with Crippen LogP contribution in [0.25, 0.3) is 0 Å². The predicted molar refractivity (Wildman–Crippen MR) is 125 cm³/mol. The molecule has 1 saturated heterocycles. The topological polar surface area (TPSA) is 78.0 Å². The molecule has 0 spiro atoms. The SMILES string of the molecule is CN1CCN(c2ccc(Nc3ccc(Cl)c4c3C(=O)N(C(=O)OC(C)(C)C)C4)nc2)CC1. The summed E-state index contributed by atoms with van der Waals surface area (Å²) < 4.78 is 5.38. The van der Waals surface area contributed by atoms with E-state index in [9.17, 15) is 9.59 Å². The van der Waals surface area contributed by atoms with Gasteiger partial charge in [0.05, 0.1) is 29.7 Å². The van der Waals surface area contributed by atoms with Crippen molar-refractivity contribution in [2.75, 3.05) is 43.4 Å². The number of ether oxygens (including phenoxy) is 1. The number of carbonyl (C=O) groups excluding carboxylic acids is 2. The van der Waals surface area contributed by atoms with Crippen LogP contribution in [0, 0.1) is 0 Å². The number of likely N-dealkylation sites (N-methyl/N-ethyl adjacent to an activating group) is 1. The van der Waals surface area contributed by atoms with Crippen LogP contribution in [0.3, 0.4) is 0 Å². The average Bonchev–Trinajstić information content (AvgIpc) is 3.09. The maximum Gasteiger partial charge on any atom is 0.417 e. The number of nitrogens with zero attached hydrogens (tertiary/aromatic N) is 4. The fourth-order valence-electron chi connectivity index (χ4n) is 3.80. The second-order valence-electron chi connectivity index (χ2n) is 9.14. The van der Waals surface area contributed by atoms with Gasteiger partial charge in [-0.05, 0) is 52.1 Å². The molecule has 0 bridgehead atoms. The first-order valence-electron chi connectivity index (χ1n) is 10.7. The Bertz CT molecular complexity index is 1030. The molecule has 2 aliphatic rings. The van der Waals surface area contributed by atoms with Crippen LogP contribution in [0.1, 0.15) is 36.7 Å². The van der Waals surface area contributed by atoms with Crippen LogP contribution in [-0.4, -0.2) is 65.6 Å². The van der Waals surface area contributed by atoms with E-state index in [1.165, 1.54) is 0 Å². The molecule has 0 unspecified atom stereocenters. The van der Waals surface area contributed by atoms with Crippen molar-refractivity contribution in [3.63, 3.8) is 0 Å². The van der Waals surface area contributed by atoms with Gasteiger partial charge in [-0.2, -0.15) is 0 Å². The van der Waals surface area contributed by atoms with Crippen molar-refractivity contribution in [2.24, 2.45) is 0 Å². The molecule has 2 aliphatic heterocycles. The van der Waals surface area contributed by atoms with Crippen molar-refractivity contribution in [3.05, 3.63) is 46.6 Å². The number of pyridine rings is 1. The monoisotopic (exact) mass is 457 g/mol. The molecular formula is C23H28ClN5O3.